The molecule has 2 N–H and O–H groups in total. The van der Waals surface area contributed by atoms with Gasteiger partial charge in [-0.1, -0.05) is 27.7 Å². The number of hydrogen-bond acceptors (Lipinski definition) is 4. The predicted octanol–water partition coefficient (Wildman–Crippen LogP) is 2.08. The van der Waals surface area contributed by atoms with E-state index in [-0.39, 0.29) is 5.91 Å². The molecule has 90 valence electrons. The van der Waals surface area contributed by atoms with Crippen molar-refractivity contribution in [3.05, 3.63) is 28.7 Å². The van der Waals surface area contributed by atoms with E-state index < -0.39 is 0 Å². The highest BCUT2D eigenvalue weighted by Gasteiger charge is 2.09. The number of nitrogens with zero attached hydrogens (tertiary/aromatic N) is 1. The number of amidine groups is 1. The highest BCUT2D eigenvalue weighted by Crippen LogP contribution is 2.14. The Labute approximate surface area is 112 Å². The van der Waals surface area contributed by atoms with Crippen LogP contribution in [0.3, 0.4) is 0 Å². The molecule has 0 atom stereocenters. The molecule has 0 fully saturated rings. The third-order valence-electron chi connectivity index (χ3n) is 2.11. The lowest BCUT2D eigenvalue weighted by Gasteiger charge is -2.05. The molecule has 1 amide bonds. The van der Waals surface area contributed by atoms with Crippen molar-refractivity contribution in [1.82, 2.24) is 5.32 Å². The summed E-state index contributed by atoms with van der Waals surface area (Å²) in [5.41, 5.74) is 0.806. The number of nitrogens with one attached hydrogen (secondary N) is 2. The van der Waals surface area contributed by atoms with Crippen LogP contribution < -0.4 is 10.6 Å². The van der Waals surface area contributed by atoms with Gasteiger partial charge < -0.3 is 10.6 Å². The second kappa shape index (κ2) is 6.07. The van der Waals surface area contributed by atoms with Gasteiger partial charge in [-0.3, -0.25) is 9.79 Å². The molecule has 1 aromatic rings. The van der Waals surface area contributed by atoms with Crippen molar-refractivity contribution in [3.63, 3.8) is 0 Å². The Balaban J connectivity index is 1.78. The minimum absolute atomic E-state index is 0.0197. The third kappa shape index (κ3) is 4.05. The zero-order valence-corrected chi connectivity index (χ0v) is 11.5. The van der Waals surface area contributed by atoms with Crippen molar-refractivity contribution in [2.75, 3.05) is 24.2 Å². The van der Waals surface area contributed by atoms with Gasteiger partial charge in [0.1, 0.15) is 0 Å². The average molecular weight is 314 g/mol. The van der Waals surface area contributed by atoms with E-state index in [9.17, 15) is 4.79 Å². The van der Waals surface area contributed by atoms with E-state index in [4.69, 9.17) is 0 Å². The highest BCUT2D eigenvalue weighted by molar-refractivity contribution is 9.10. The second-order valence-electron chi connectivity index (χ2n) is 3.46. The lowest BCUT2D eigenvalue weighted by molar-refractivity contribution is -0.113. The van der Waals surface area contributed by atoms with Gasteiger partial charge in [-0.2, -0.15) is 0 Å². The summed E-state index contributed by atoms with van der Waals surface area (Å²) in [5.74, 6) is 0.357. The molecule has 0 spiro atoms. The van der Waals surface area contributed by atoms with Crippen LogP contribution in [0.5, 0.6) is 0 Å². The van der Waals surface area contributed by atoms with Crippen molar-refractivity contribution in [2.45, 2.75) is 0 Å². The number of hydrogen-bond donors (Lipinski definition) is 2. The van der Waals surface area contributed by atoms with Crippen LogP contribution in [0.4, 0.5) is 5.69 Å². The van der Waals surface area contributed by atoms with Gasteiger partial charge in [-0.15, -0.1) is 0 Å². The molecule has 0 aliphatic carbocycles. The molecular formula is C11H12BrN3OS. The molecular weight excluding hydrogens is 302 g/mol. The maximum Gasteiger partial charge on any atom is 0.234 e. The summed E-state index contributed by atoms with van der Waals surface area (Å²) >= 11 is 4.78. The summed E-state index contributed by atoms with van der Waals surface area (Å²) in [7, 11) is 0. The topological polar surface area (TPSA) is 53.5 Å². The standard InChI is InChI=1S/C11H12BrN3OS/c12-8-1-3-9(4-2-8)15-10(16)7-17-11-13-5-6-14-11/h1-4H,5-7H2,(H,13,14)(H,15,16). The van der Waals surface area contributed by atoms with E-state index in [2.05, 4.69) is 31.6 Å². The van der Waals surface area contributed by atoms with Crippen LogP contribution in [0, 0.1) is 0 Å². The summed E-state index contributed by atoms with van der Waals surface area (Å²) in [4.78, 5) is 15.8. The molecule has 4 nitrogen and oxygen atoms in total. The first-order chi connectivity index (χ1) is 8.24. The number of thioether (sulfide) groups is 1. The van der Waals surface area contributed by atoms with Gasteiger partial charge in [0, 0.05) is 16.7 Å². The Kier molecular flexibility index (Phi) is 4.44. The lowest BCUT2D eigenvalue weighted by Crippen LogP contribution is -2.20. The molecule has 1 heterocycles. The number of rotatable bonds is 3. The van der Waals surface area contributed by atoms with E-state index in [1.165, 1.54) is 11.8 Å². The Bertz CT molecular complexity index is 433. The largest absolute Gasteiger partial charge is 0.363 e. The molecule has 2 rings (SSSR count). The number of carbonyl (C=O) groups is 1. The summed E-state index contributed by atoms with van der Waals surface area (Å²) in [6.07, 6.45) is 0. The second-order valence-corrected chi connectivity index (χ2v) is 5.34. The minimum Gasteiger partial charge on any atom is -0.363 e. The number of halogens is 1. The molecule has 0 aromatic heterocycles. The van der Waals surface area contributed by atoms with Crippen LogP contribution in [-0.2, 0) is 4.79 Å². The average Bonchev–Trinajstić information content (AvgIpc) is 2.83. The van der Waals surface area contributed by atoms with E-state index in [1.54, 1.807) is 0 Å². The molecule has 1 aromatic carbocycles. The van der Waals surface area contributed by atoms with Crippen molar-refractivity contribution in [3.8, 4) is 0 Å². The van der Waals surface area contributed by atoms with Crippen molar-refractivity contribution in [1.29, 1.82) is 0 Å². The molecule has 0 unspecified atom stereocenters. The van der Waals surface area contributed by atoms with Crippen LogP contribution in [0.15, 0.2) is 33.7 Å². The molecule has 6 heteroatoms. The quantitative estimate of drug-likeness (QED) is 0.898. The van der Waals surface area contributed by atoms with Gasteiger partial charge in [0.05, 0.1) is 12.3 Å². The van der Waals surface area contributed by atoms with Crippen molar-refractivity contribution in [2.24, 2.45) is 4.99 Å². The van der Waals surface area contributed by atoms with Gasteiger partial charge in [-0.05, 0) is 24.3 Å². The first kappa shape index (κ1) is 12.4. The Morgan fingerprint density at radius 3 is 2.88 bits per heavy atom. The van der Waals surface area contributed by atoms with E-state index in [0.29, 0.717) is 5.75 Å². The zero-order chi connectivity index (χ0) is 12.1. The van der Waals surface area contributed by atoms with E-state index >= 15 is 0 Å². The molecule has 0 bridgehead atoms. The number of aliphatic imine (C=N–C) groups is 1. The predicted molar refractivity (Wildman–Crippen MR) is 75.5 cm³/mol. The smallest absolute Gasteiger partial charge is 0.234 e. The molecule has 0 radical (unpaired) electrons. The van der Waals surface area contributed by atoms with Gasteiger partial charge in [0.25, 0.3) is 0 Å². The van der Waals surface area contributed by atoms with Crippen LogP contribution in [-0.4, -0.2) is 29.9 Å². The molecule has 1 aliphatic rings. The first-order valence-corrected chi connectivity index (χ1v) is 6.98. The van der Waals surface area contributed by atoms with Crippen LogP contribution >= 0.6 is 27.7 Å². The fraction of sp³-hybridized carbons (Fsp3) is 0.273. The lowest BCUT2D eigenvalue weighted by atomic mass is 10.3. The van der Waals surface area contributed by atoms with Crippen LogP contribution in [0.2, 0.25) is 0 Å². The Morgan fingerprint density at radius 2 is 2.24 bits per heavy atom. The summed E-state index contributed by atoms with van der Waals surface area (Å²) in [6, 6.07) is 7.51. The fourth-order valence-corrected chi connectivity index (χ4v) is 2.33. The zero-order valence-electron chi connectivity index (χ0n) is 9.07. The summed E-state index contributed by atoms with van der Waals surface area (Å²) in [5, 5.41) is 6.80. The maximum atomic E-state index is 11.6. The van der Waals surface area contributed by atoms with E-state index in [1.807, 2.05) is 24.3 Å². The monoisotopic (exact) mass is 313 g/mol. The van der Waals surface area contributed by atoms with Crippen LogP contribution in [0.1, 0.15) is 0 Å². The molecule has 0 saturated carbocycles. The SMILES string of the molecule is O=C(CSC1=NCCN1)Nc1ccc(Br)cc1. The number of benzene rings is 1. The molecule has 0 saturated heterocycles. The highest BCUT2D eigenvalue weighted by atomic mass is 79.9. The summed E-state index contributed by atoms with van der Waals surface area (Å²) in [6.45, 7) is 1.67. The van der Waals surface area contributed by atoms with Crippen molar-refractivity contribution >= 4 is 44.5 Å². The van der Waals surface area contributed by atoms with Crippen molar-refractivity contribution < 1.29 is 4.79 Å². The normalized spacial score (nSPS) is 14.1. The van der Waals surface area contributed by atoms with Gasteiger partial charge >= 0.3 is 0 Å². The maximum absolute atomic E-state index is 11.6. The van der Waals surface area contributed by atoms with Gasteiger partial charge in [-0.25, -0.2) is 0 Å². The number of carbonyl (C=O) groups excluding carboxylic acids is 1. The van der Waals surface area contributed by atoms with Gasteiger partial charge in [0.2, 0.25) is 5.91 Å². The van der Waals surface area contributed by atoms with Crippen LogP contribution in [0.25, 0.3) is 0 Å². The number of anilines is 1. The molecule has 1 aliphatic heterocycles. The fourth-order valence-electron chi connectivity index (χ4n) is 1.34. The Hall–Kier alpha value is -1.01. The number of amides is 1. The van der Waals surface area contributed by atoms with E-state index in [0.717, 1.165) is 28.4 Å². The van der Waals surface area contributed by atoms with Gasteiger partial charge in [0.15, 0.2) is 5.17 Å². The molecule has 17 heavy (non-hydrogen) atoms. The Morgan fingerprint density at radius 1 is 1.47 bits per heavy atom. The summed E-state index contributed by atoms with van der Waals surface area (Å²) < 4.78 is 0.995. The first-order valence-electron chi connectivity index (χ1n) is 5.20. The third-order valence-corrected chi connectivity index (χ3v) is 3.59. The minimum atomic E-state index is -0.0197.